The molecule has 14 heavy (non-hydrogen) atoms. The van der Waals surface area contributed by atoms with Gasteiger partial charge in [-0.15, -0.1) is 0 Å². The van der Waals surface area contributed by atoms with Crippen LogP contribution in [-0.2, 0) is 11.2 Å². The van der Waals surface area contributed by atoms with Crippen molar-refractivity contribution in [3.8, 4) is 0 Å². The lowest BCUT2D eigenvalue weighted by Crippen LogP contribution is -2.46. The third-order valence-corrected chi connectivity index (χ3v) is 2.62. The topological polar surface area (TPSA) is 63.3 Å². The van der Waals surface area contributed by atoms with Crippen molar-refractivity contribution < 1.29 is 9.90 Å². The van der Waals surface area contributed by atoms with Crippen molar-refractivity contribution in [3.05, 3.63) is 33.4 Å². The number of nitrogens with two attached hydrogens (primary N) is 1. The number of benzene rings is 1. The molecule has 1 rings (SSSR count). The first-order chi connectivity index (χ1) is 6.42. The second-order valence-corrected chi connectivity index (χ2v) is 4.77. The molecule has 0 aliphatic heterocycles. The first kappa shape index (κ1) is 11.5. The monoisotopic (exact) mass is 305 g/mol. The van der Waals surface area contributed by atoms with Crippen LogP contribution in [-0.4, -0.2) is 16.6 Å². The van der Waals surface area contributed by atoms with E-state index in [4.69, 9.17) is 10.8 Å². The molecular weight excluding hydrogens is 293 g/mol. The summed E-state index contributed by atoms with van der Waals surface area (Å²) < 4.78 is 1.08. The second-order valence-electron chi connectivity index (χ2n) is 3.53. The SMILES string of the molecule is C[C@@](N)(Cc1cccc(I)c1)C(=O)O. The molecule has 0 bridgehead atoms. The maximum Gasteiger partial charge on any atom is 0.323 e. The van der Waals surface area contributed by atoms with Crippen LogP contribution in [0, 0.1) is 3.57 Å². The summed E-state index contributed by atoms with van der Waals surface area (Å²) in [6.07, 6.45) is 0.346. The van der Waals surface area contributed by atoms with Crippen LogP contribution in [0.15, 0.2) is 24.3 Å². The zero-order valence-corrected chi connectivity index (χ0v) is 9.98. The molecule has 1 aromatic carbocycles. The van der Waals surface area contributed by atoms with Crippen LogP contribution in [0.2, 0.25) is 0 Å². The Labute approximate surface area is 96.4 Å². The Hall–Kier alpha value is -0.620. The summed E-state index contributed by atoms with van der Waals surface area (Å²) in [5, 5.41) is 8.84. The molecule has 0 unspecified atom stereocenters. The van der Waals surface area contributed by atoms with Gasteiger partial charge in [-0.1, -0.05) is 12.1 Å². The molecule has 0 saturated heterocycles. The lowest BCUT2D eigenvalue weighted by atomic mass is 9.94. The number of hydrogen-bond acceptors (Lipinski definition) is 2. The number of carboxylic acid groups (broad SMARTS) is 1. The Bertz CT molecular complexity index is 350. The van der Waals surface area contributed by atoms with E-state index in [1.807, 2.05) is 24.3 Å². The van der Waals surface area contributed by atoms with Crippen LogP contribution in [0.3, 0.4) is 0 Å². The fourth-order valence-electron chi connectivity index (χ4n) is 1.15. The van der Waals surface area contributed by atoms with Crippen molar-refractivity contribution in [3.63, 3.8) is 0 Å². The number of rotatable bonds is 3. The number of hydrogen-bond donors (Lipinski definition) is 2. The molecule has 0 radical (unpaired) electrons. The molecule has 0 saturated carbocycles. The predicted molar refractivity (Wildman–Crippen MR) is 63.1 cm³/mol. The largest absolute Gasteiger partial charge is 0.480 e. The fraction of sp³-hybridized carbons (Fsp3) is 0.300. The Morgan fingerprint density at radius 2 is 2.29 bits per heavy atom. The van der Waals surface area contributed by atoms with Crippen molar-refractivity contribution in [1.29, 1.82) is 0 Å². The molecule has 0 aliphatic carbocycles. The summed E-state index contributed by atoms with van der Waals surface area (Å²) in [4.78, 5) is 10.8. The van der Waals surface area contributed by atoms with Crippen LogP contribution >= 0.6 is 22.6 Å². The Morgan fingerprint density at radius 1 is 1.64 bits per heavy atom. The van der Waals surface area contributed by atoms with Crippen LogP contribution in [0.1, 0.15) is 12.5 Å². The van der Waals surface area contributed by atoms with E-state index in [1.165, 1.54) is 6.92 Å². The van der Waals surface area contributed by atoms with Gasteiger partial charge < -0.3 is 10.8 Å². The third-order valence-electron chi connectivity index (χ3n) is 1.95. The Morgan fingerprint density at radius 3 is 2.79 bits per heavy atom. The molecule has 1 atom stereocenters. The first-order valence-electron chi connectivity index (χ1n) is 4.18. The van der Waals surface area contributed by atoms with Gasteiger partial charge in [0.25, 0.3) is 0 Å². The lowest BCUT2D eigenvalue weighted by molar-refractivity contribution is -0.142. The van der Waals surface area contributed by atoms with Gasteiger partial charge in [0.15, 0.2) is 0 Å². The quantitative estimate of drug-likeness (QED) is 0.835. The van der Waals surface area contributed by atoms with Crippen molar-refractivity contribution in [2.24, 2.45) is 5.73 Å². The number of carbonyl (C=O) groups is 1. The molecule has 1 aromatic rings. The second kappa shape index (κ2) is 4.27. The van der Waals surface area contributed by atoms with Crippen LogP contribution in [0.25, 0.3) is 0 Å². The van der Waals surface area contributed by atoms with E-state index in [-0.39, 0.29) is 0 Å². The summed E-state index contributed by atoms with van der Waals surface area (Å²) >= 11 is 2.19. The predicted octanol–water partition coefficient (Wildman–Crippen LogP) is 1.64. The van der Waals surface area contributed by atoms with Crippen LogP contribution in [0.5, 0.6) is 0 Å². The number of carboxylic acids is 1. The van der Waals surface area contributed by atoms with E-state index in [2.05, 4.69) is 22.6 Å². The molecule has 0 heterocycles. The molecule has 4 heteroatoms. The molecule has 0 aromatic heterocycles. The summed E-state index contributed by atoms with van der Waals surface area (Å²) in [6.45, 7) is 1.52. The van der Waals surface area contributed by atoms with E-state index >= 15 is 0 Å². The number of halogens is 1. The van der Waals surface area contributed by atoms with Crippen LogP contribution < -0.4 is 5.73 Å². The molecular formula is C10H12INO2. The zero-order valence-electron chi connectivity index (χ0n) is 7.83. The molecule has 76 valence electrons. The van der Waals surface area contributed by atoms with Crippen molar-refractivity contribution in [2.75, 3.05) is 0 Å². The fourth-order valence-corrected chi connectivity index (χ4v) is 1.75. The molecule has 0 amide bonds. The molecule has 3 nitrogen and oxygen atoms in total. The summed E-state index contributed by atoms with van der Waals surface area (Å²) in [7, 11) is 0. The van der Waals surface area contributed by atoms with Gasteiger partial charge in [0.05, 0.1) is 0 Å². The highest BCUT2D eigenvalue weighted by Crippen LogP contribution is 2.13. The zero-order chi connectivity index (χ0) is 10.8. The molecule has 0 spiro atoms. The van der Waals surface area contributed by atoms with E-state index in [1.54, 1.807) is 0 Å². The average molecular weight is 305 g/mol. The smallest absolute Gasteiger partial charge is 0.323 e. The lowest BCUT2D eigenvalue weighted by Gasteiger charge is -2.18. The van der Waals surface area contributed by atoms with Gasteiger partial charge in [0.1, 0.15) is 5.54 Å². The number of aliphatic carboxylic acids is 1. The summed E-state index contributed by atoms with van der Waals surface area (Å²) in [6, 6.07) is 7.68. The van der Waals surface area contributed by atoms with Crippen molar-refractivity contribution in [2.45, 2.75) is 18.9 Å². The van der Waals surface area contributed by atoms with Crippen molar-refractivity contribution >= 4 is 28.6 Å². The average Bonchev–Trinajstić information content (AvgIpc) is 2.02. The standard InChI is InChI=1S/C10H12INO2/c1-10(12,9(13)14)6-7-3-2-4-8(11)5-7/h2-5H,6,12H2,1H3,(H,13,14)/t10-/m1/s1. The highest BCUT2D eigenvalue weighted by atomic mass is 127. The summed E-state index contributed by atoms with van der Waals surface area (Å²) in [5.41, 5.74) is 5.40. The van der Waals surface area contributed by atoms with Gasteiger partial charge >= 0.3 is 5.97 Å². The van der Waals surface area contributed by atoms with E-state index in [0.717, 1.165) is 9.13 Å². The van der Waals surface area contributed by atoms with E-state index < -0.39 is 11.5 Å². The maximum atomic E-state index is 10.8. The van der Waals surface area contributed by atoms with Crippen LogP contribution in [0.4, 0.5) is 0 Å². The Balaban J connectivity index is 2.83. The van der Waals surface area contributed by atoms with Gasteiger partial charge in [-0.2, -0.15) is 0 Å². The highest BCUT2D eigenvalue weighted by Gasteiger charge is 2.27. The minimum atomic E-state index is -1.19. The maximum absolute atomic E-state index is 10.8. The van der Waals surface area contributed by atoms with Gasteiger partial charge in [0.2, 0.25) is 0 Å². The van der Waals surface area contributed by atoms with Crippen molar-refractivity contribution in [1.82, 2.24) is 0 Å². The third kappa shape index (κ3) is 2.95. The van der Waals surface area contributed by atoms with E-state index in [0.29, 0.717) is 6.42 Å². The summed E-state index contributed by atoms with van der Waals surface area (Å²) in [5.74, 6) is -0.976. The minimum absolute atomic E-state index is 0.346. The van der Waals surface area contributed by atoms with Gasteiger partial charge in [-0.05, 0) is 47.2 Å². The van der Waals surface area contributed by atoms with Gasteiger partial charge in [-0.3, -0.25) is 4.79 Å². The minimum Gasteiger partial charge on any atom is -0.480 e. The molecule has 3 N–H and O–H groups in total. The Kier molecular flexibility index (Phi) is 3.49. The normalized spacial score (nSPS) is 14.8. The van der Waals surface area contributed by atoms with E-state index in [9.17, 15) is 4.79 Å². The van der Waals surface area contributed by atoms with Gasteiger partial charge in [-0.25, -0.2) is 0 Å². The molecule has 0 fully saturated rings. The molecule has 0 aliphatic rings. The van der Waals surface area contributed by atoms with Gasteiger partial charge in [0, 0.05) is 9.99 Å². The highest BCUT2D eigenvalue weighted by molar-refractivity contribution is 14.1. The first-order valence-corrected chi connectivity index (χ1v) is 5.26.